The molecule has 39 heavy (non-hydrogen) atoms. The van der Waals surface area contributed by atoms with Gasteiger partial charge in [-0.25, -0.2) is 13.1 Å². The molecule has 3 rings (SSSR count). The number of nitrogens with zero attached hydrogens (tertiary/aromatic N) is 1. The first kappa shape index (κ1) is 33.0. The first-order chi connectivity index (χ1) is 18.1. The number of halogens is 2. The molecule has 1 heterocycles. The van der Waals surface area contributed by atoms with Crippen LogP contribution in [-0.4, -0.2) is 65.8 Å². The first-order valence-corrected chi connectivity index (χ1v) is 15.0. The second-order valence-electron chi connectivity index (χ2n) is 9.67. The number of likely N-dealkylation sites (tertiary alicyclic amines) is 1. The molecule has 0 saturated carbocycles. The fraction of sp³-hybridized carbons (Fsp3) is 0.519. The number of sulfonamides is 1. The predicted octanol–water partition coefficient (Wildman–Crippen LogP) is 4.55. The first-order valence-electron chi connectivity index (χ1n) is 12.7. The molecule has 218 valence electrons. The van der Waals surface area contributed by atoms with Crippen molar-refractivity contribution in [1.82, 2.24) is 9.62 Å². The van der Waals surface area contributed by atoms with Crippen molar-refractivity contribution in [3.63, 3.8) is 0 Å². The van der Waals surface area contributed by atoms with Gasteiger partial charge < -0.3 is 24.8 Å². The Labute approximate surface area is 242 Å². The Balaban J connectivity index is 0.00000533. The van der Waals surface area contributed by atoms with Crippen molar-refractivity contribution in [2.24, 2.45) is 5.92 Å². The van der Waals surface area contributed by atoms with E-state index in [0.29, 0.717) is 52.4 Å². The Kier molecular flexibility index (Phi) is 13.1. The largest absolute Gasteiger partial charge is 0.497 e. The Morgan fingerprint density at radius 1 is 1.08 bits per heavy atom. The van der Waals surface area contributed by atoms with Crippen molar-refractivity contribution in [3.8, 4) is 17.2 Å². The molecule has 0 radical (unpaired) electrons. The molecule has 1 fully saturated rings. The average molecular weight is 605 g/mol. The molecule has 0 aromatic heterocycles. The lowest BCUT2D eigenvalue weighted by atomic mass is 9.97. The van der Waals surface area contributed by atoms with Gasteiger partial charge >= 0.3 is 0 Å². The molecule has 1 aliphatic rings. The Morgan fingerprint density at radius 2 is 1.72 bits per heavy atom. The highest BCUT2D eigenvalue weighted by Gasteiger charge is 2.20. The summed E-state index contributed by atoms with van der Waals surface area (Å²) < 4.78 is 41.8. The third-order valence-electron chi connectivity index (χ3n) is 6.67. The van der Waals surface area contributed by atoms with E-state index in [-0.39, 0.29) is 24.8 Å². The number of nitrogens with two attached hydrogens (primary N) is 1. The lowest BCUT2D eigenvalue weighted by Gasteiger charge is -2.31. The quantitative estimate of drug-likeness (QED) is 0.183. The monoisotopic (exact) mass is 603 g/mol. The summed E-state index contributed by atoms with van der Waals surface area (Å²) >= 11 is 6.24. The summed E-state index contributed by atoms with van der Waals surface area (Å²) in [6.45, 7) is 3.48. The lowest BCUT2D eigenvalue weighted by Crippen LogP contribution is -2.38. The van der Waals surface area contributed by atoms with Gasteiger partial charge in [0.2, 0.25) is 10.0 Å². The number of carbonyl (C=O) groups is 1. The molecule has 1 saturated heterocycles. The topological polar surface area (TPSA) is 120 Å². The minimum atomic E-state index is -3.15. The van der Waals surface area contributed by atoms with Gasteiger partial charge in [-0.15, -0.1) is 12.4 Å². The van der Waals surface area contributed by atoms with Crippen LogP contribution in [-0.2, 0) is 16.6 Å². The Morgan fingerprint density at radius 3 is 2.31 bits per heavy atom. The van der Waals surface area contributed by atoms with E-state index in [2.05, 4.69) is 9.62 Å². The lowest BCUT2D eigenvalue weighted by molar-refractivity contribution is 0.0972. The molecule has 9 nitrogen and oxygen atoms in total. The maximum absolute atomic E-state index is 13.1. The standard InChI is InChI=1S/C27H38ClN3O6S.ClH/c1-35-21-12-20(13-22(14-21)36-2)18-37-27-16-25(29)24(28)15-23(27)26(32)6-4-5-9-31-10-7-19(8-11-31)17-30-38(3,33)34;/h12-16,19,30H,4-11,17-18,29H2,1-3H3;1H. The molecule has 2 aromatic carbocycles. The number of carbonyl (C=O) groups excluding carboxylic acids is 1. The number of piperidine rings is 1. The molecule has 0 amide bonds. The van der Waals surface area contributed by atoms with Crippen molar-refractivity contribution in [2.75, 3.05) is 52.4 Å². The number of Topliss-reactive ketones (excluding diaryl/α,β-unsaturated/α-hetero) is 1. The molecule has 2 aromatic rings. The molecular formula is C27H39Cl2N3O6S. The third kappa shape index (κ3) is 10.7. The SMILES string of the molecule is COc1cc(COc2cc(N)c(Cl)cc2C(=O)CCCCN2CCC(CNS(C)(=O)=O)CC2)cc(OC)c1.Cl. The summed E-state index contributed by atoms with van der Waals surface area (Å²) in [6.07, 6.45) is 5.12. The normalized spacial score (nSPS) is 14.5. The van der Waals surface area contributed by atoms with E-state index in [1.165, 1.54) is 6.26 Å². The smallest absolute Gasteiger partial charge is 0.208 e. The highest BCUT2D eigenvalue weighted by atomic mass is 35.5. The van der Waals surface area contributed by atoms with Crippen LogP contribution in [0.5, 0.6) is 17.2 Å². The molecular weight excluding hydrogens is 565 g/mol. The number of hydrogen-bond acceptors (Lipinski definition) is 8. The van der Waals surface area contributed by atoms with E-state index in [9.17, 15) is 13.2 Å². The van der Waals surface area contributed by atoms with Gasteiger partial charge in [-0.3, -0.25) is 4.79 Å². The van der Waals surface area contributed by atoms with Crippen molar-refractivity contribution in [1.29, 1.82) is 0 Å². The van der Waals surface area contributed by atoms with Gasteiger partial charge in [0.05, 0.1) is 36.7 Å². The number of ether oxygens (including phenoxy) is 3. The molecule has 0 unspecified atom stereocenters. The average Bonchev–Trinajstić information content (AvgIpc) is 2.90. The molecule has 0 atom stereocenters. The van der Waals surface area contributed by atoms with E-state index < -0.39 is 10.0 Å². The summed E-state index contributed by atoms with van der Waals surface area (Å²) in [5.41, 5.74) is 7.58. The number of benzene rings is 2. The number of nitrogens with one attached hydrogen (secondary N) is 1. The highest BCUT2D eigenvalue weighted by molar-refractivity contribution is 7.88. The van der Waals surface area contributed by atoms with E-state index in [1.807, 2.05) is 12.1 Å². The van der Waals surface area contributed by atoms with Crippen LogP contribution in [0.1, 0.15) is 48.0 Å². The van der Waals surface area contributed by atoms with Gasteiger partial charge in [0.25, 0.3) is 0 Å². The van der Waals surface area contributed by atoms with E-state index in [1.54, 1.807) is 32.4 Å². The number of hydrogen-bond donors (Lipinski definition) is 2. The van der Waals surface area contributed by atoms with Gasteiger partial charge in [-0.2, -0.15) is 0 Å². The predicted molar refractivity (Wildman–Crippen MR) is 157 cm³/mol. The Bertz CT molecular complexity index is 1180. The van der Waals surface area contributed by atoms with E-state index >= 15 is 0 Å². The molecule has 0 aliphatic carbocycles. The maximum Gasteiger partial charge on any atom is 0.208 e. The zero-order valence-electron chi connectivity index (χ0n) is 22.7. The van der Waals surface area contributed by atoms with Crippen molar-refractivity contribution >= 4 is 45.5 Å². The zero-order chi connectivity index (χ0) is 27.7. The number of anilines is 1. The van der Waals surface area contributed by atoms with Gasteiger partial charge in [0.1, 0.15) is 23.9 Å². The van der Waals surface area contributed by atoms with E-state index in [0.717, 1.165) is 50.9 Å². The molecule has 1 aliphatic heterocycles. The van der Waals surface area contributed by atoms with Crippen molar-refractivity contribution in [2.45, 2.75) is 38.7 Å². The summed E-state index contributed by atoms with van der Waals surface area (Å²) in [5, 5.41) is 0.317. The van der Waals surface area contributed by atoms with E-state index in [4.69, 9.17) is 31.5 Å². The van der Waals surface area contributed by atoms with Gasteiger partial charge in [0.15, 0.2) is 5.78 Å². The van der Waals surface area contributed by atoms with Crippen LogP contribution in [0.4, 0.5) is 5.69 Å². The van der Waals surface area contributed by atoms with Gasteiger partial charge in [-0.05, 0) is 75.0 Å². The van der Waals surface area contributed by atoms with Crippen LogP contribution in [0, 0.1) is 5.92 Å². The molecule has 0 bridgehead atoms. The Hall–Kier alpha value is -2.24. The highest BCUT2D eigenvalue weighted by Crippen LogP contribution is 2.32. The summed E-state index contributed by atoms with van der Waals surface area (Å²) in [7, 11) is 0.0144. The fourth-order valence-corrected chi connectivity index (χ4v) is 5.16. The molecule has 3 N–H and O–H groups in total. The van der Waals surface area contributed by atoms with Crippen LogP contribution < -0.4 is 24.7 Å². The van der Waals surface area contributed by atoms with Crippen molar-refractivity contribution in [3.05, 3.63) is 46.5 Å². The summed E-state index contributed by atoms with van der Waals surface area (Å²) in [5.74, 6) is 2.00. The number of ketones is 1. The fourth-order valence-electron chi connectivity index (χ4n) is 4.46. The maximum atomic E-state index is 13.1. The van der Waals surface area contributed by atoms with Crippen LogP contribution in [0.3, 0.4) is 0 Å². The van der Waals surface area contributed by atoms with Crippen molar-refractivity contribution < 1.29 is 27.4 Å². The number of methoxy groups -OCH3 is 2. The third-order valence-corrected chi connectivity index (χ3v) is 7.69. The number of rotatable bonds is 14. The molecule has 0 spiro atoms. The van der Waals surface area contributed by atoms with Crippen LogP contribution in [0.15, 0.2) is 30.3 Å². The molecule has 12 heteroatoms. The second kappa shape index (κ2) is 15.5. The second-order valence-corrected chi connectivity index (χ2v) is 11.9. The number of unbranched alkanes of at least 4 members (excludes halogenated alkanes) is 1. The van der Waals surface area contributed by atoms with Gasteiger partial charge in [0, 0.05) is 25.1 Å². The summed E-state index contributed by atoms with van der Waals surface area (Å²) in [6, 6.07) is 8.63. The zero-order valence-corrected chi connectivity index (χ0v) is 25.1. The minimum absolute atomic E-state index is 0. The van der Waals surface area contributed by atoms with Crippen LogP contribution in [0.2, 0.25) is 5.02 Å². The minimum Gasteiger partial charge on any atom is -0.497 e. The number of nitrogen functional groups attached to an aromatic ring is 1. The van der Waals surface area contributed by atoms with Gasteiger partial charge in [-0.1, -0.05) is 11.6 Å². The van der Waals surface area contributed by atoms with Crippen LogP contribution in [0.25, 0.3) is 0 Å². The summed E-state index contributed by atoms with van der Waals surface area (Å²) in [4.78, 5) is 15.5. The van der Waals surface area contributed by atoms with Crippen LogP contribution >= 0.6 is 24.0 Å².